The van der Waals surface area contributed by atoms with Gasteiger partial charge in [-0.1, -0.05) is 72.6 Å². The fraction of sp³-hybridized carbons (Fsp3) is 0.333. The van der Waals surface area contributed by atoms with Crippen LogP contribution < -0.4 is 9.62 Å². The van der Waals surface area contributed by atoms with Crippen molar-refractivity contribution in [1.29, 1.82) is 0 Å². The van der Waals surface area contributed by atoms with Crippen molar-refractivity contribution >= 4 is 39.1 Å². The van der Waals surface area contributed by atoms with Crippen LogP contribution >= 0.6 is 11.6 Å². The summed E-state index contributed by atoms with van der Waals surface area (Å²) in [5, 5.41) is 3.30. The van der Waals surface area contributed by atoms with Crippen molar-refractivity contribution < 1.29 is 18.0 Å². The molecule has 1 atom stereocenters. The van der Waals surface area contributed by atoms with Gasteiger partial charge in [0.25, 0.3) is 10.0 Å². The molecule has 2 amide bonds. The minimum atomic E-state index is -4.12. The molecule has 0 fully saturated rings. The average molecular weight is 570 g/mol. The normalized spacial score (nSPS) is 12.2. The Kier molecular flexibility index (Phi) is 10.2. The van der Waals surface area contributed by atoms with Crippen LogP contribution in [0.2, 0.25) is 5.02 Å². The highest BCUT2D eigenvalue weighted by molar-refractivity contribution is 7.92. The van der Waals surface area contributed by atoms with E-state index in [1.165, 1.54) is 17.0 Å². The molecule has 0 unspecified atom stereocenters. The van der Waals surface area contributed by atoms with Crippen LogP contribution in [-0.2, 0) is 32.6 Å². The second kappa shape index (κ2) is 13.1. The highest BCUT2D eigenvalue weighted by Crippen LogP contribution is 2.28. The van der Waals surface area contributed by atoms with Crippen LogP contribution in [0.4, 0.5) is 5.69 Å². The molecule has 0 bridgehead atoms. The van der Waals surface area contributed by atoms with Gasteiger partial charge in [0.1, 0.15) is 12.6 Å². The number of amides is 2. The van der Waals surface area contributed by atoms with Crippen LogP contribution in [0.1, 0.15) is 44.4 Å². The Balaban J connectivity index is 2.08. The molecule has 0 aliphatic carbocycles. The molecule has 1 N–H and O–H groups in total. The Morgan fingerprint density at radius 2 is 1.49 bits per heavy atom. The Morgan fingerprint density at radius 1 is 0.897 bits per heavy atom. The largest absolute Gasteiger partial charge is 0.352 e. The topological polar surface area (TPSA) is 86.8 Å². The average Bonchev–Trinajstić information content (AvgIpc) is 2.90. The molecule has 3 aromatic carbocycles. The standard InChI is InChI=1S/C30H36ClN3O4S/c1-6-24-11-8-10-14-28(24)34(39(37,38)26-17-15-22(4)16-18-26)20-29(35)33(23(5)30(36)32-21(2)3)19-25-12-7-9-13-27(25)31/h7-18,21,23H,6,19-20H2,1-5H3,(H,32,36)/t23-/m1/s1. The monoisotopic (exact) mass is 569 g/mol. The SMILES string of the molecule is CCc1ccccc1N(CC(=O)N(Cc1ccccc1Cl)[C@H](C)C(=O)NC(C)C)S(=O)(=O)c1ccc(C)cc1. The highest BCUT2D eigenvalue weighted by atomic mass is 35.5. The Bertz CT molecular complexity index is 1410. The zero-order chi connectivity index (χ0) is 28.7. The van der Waals surface area contributed by atoms with Crippen molar-refractivity contribution in [3.8, 4) is 0 Å². The van der Waals surface area contributed by atoms with Gasteiger partial charge in [0.15, 0.2) is 0 Å². The summed E-state index contributed by atoms with van der Waals surface area (Å²) in [6.07, 6.45) is 0.570. The van der Waals surface area contributed by atoms with Crippen LogP contribution in [0.5, 0.6) is 0 Å². The summed E-state index contributed by atoms with van der Waals surface area (Å²) >= 11 is 6.40. The van der Waals surface area contributed by atoms with Gasteiger partial charge < -0.3 is 10.2 Å². The molecular weight excluding hydrogens is 534 g/mol. The summed E-state index contributed by atoms with van der Waals surface area (Å²) in [4.78, 5) is 28.5. The third kappa shape index (κ3) is 7.40. The number of benzene rings is 3. The van der Waals surface area contributed by atoms with Crippen LogP contribution in [0.3, 0.4) is 0 Å². The Labute approximate surface area is 236 Å². The van der Waals surface area contributed by atoms with E-state index >= 15 is 0 Å². The molecule has 3 aromatic rings. The van der Waals surface area contributed by atoms with Gasteiger partial charge in [-0.15, -0.1) is 0 Å². The molecule has 0 spiro atoms. The van der Waals surface area contributed by atoms with Crippen molar-refractivity contribution in [3.63, 3.8) is 0 Å². The Hall–Kier alpha value is -3.36. The first-order valence-corrected chi connectivity index (χ1v) is 14.8. The third-order valence-electron chi connectivity index (χ3n) is 6.43. The molecule has 9 heteroatoms. The van der Waals surface area contributed by atoms with Crippen LogP contribution in [-0.4, -0.2) is 43.8 Å². The van der Waals surface area contributed by atoms with Gasteiger partial charge in [0.2, 0.25) is 11.8 Å². The Morgan fingerprint density at radius 3 is 2.08 bits per heavy atom. The maximum absolute atomic E-state index is 14.0. The number of hydrogen-bond donors (Lipinski definition) is 1. The maximum atomic E-state index is 14.0. The lowest BCUT2D eigenvalue weighted by Gasteiger charge is -2.33. The molecule has 0 radical (unpaired) electrons. The fourth-order valence-corrected chi connectivity index (χ4v) is 5.85. The lowest BCUT2D eigenvalue weighted by atomic mass is 10.1. The zero-order valence-electron chi connectivity index (χ0n) is 23.0. The molecule has 0 aliphatic rings. The molecule has 0 aliphatic heterocycles. The number of rotatable bonds is 11. The lowest BCUT2D eigenvalue weighted by molar-refractivity contribution is -0.139. The lowest BCUT2D eigenvalue weighted by Crippen LogP contribution is -2.52. The second-order valence-electron chi connectivity index (χ2n) is 9.76. The number of carbonyl (C=O) groups excluding carboxylic acids is 2. The van der Waals surface area contributed by atoms with Crippen molar-refractivity contribution in [2.75, 3.05) is 10.8 Å². The van der Waals surface area contributed by atoms with E-state index in [2.05, 4.69) is 5.32 Å². The number of anilines is 1. The van der Waals surface area contributed by atoms with Gasteiger partial charge >= 0.3 is 0 Å². The molecule has 7 nitrogen and oxygen atoms in total. The first-order valence-electron chi connectivity index (χ1n) is 13.0. The molecule has 0 heterocycles. The van der Waals surface area contributed by atoms with E-state index in [9.17, 15) is 18.0 Å². The predicted molar refractivity (Wildman–Crippen MR) is 156 cm³/mol. The van der Waals surface area contributed by atoms with Gasteiger partial charge in [-0.05, 0) is 69.5 Å². The number of aryl methyl sites for hydroxylation is 2. The van der Waals surface area contributed by atoms with E-state index in [1.807, 2.05) is 39.8 Å². The molecule has 39 heavy (non-hydrogen) atoms. The smallest absolute Gasteiger partial charge is 0.264 e. The maximum Gasteiger partial charge on any atom is 0.264 e. The number of nitrogens with zero attached hydrogens (tertiary/aromatic N) is 2. The molecule has 0 aromatic heterocycles. The summed E-state index contributed by atoms with van der Waals surface area (Å²) in [5.41, 5.74) is 2.77. The van der Waals surface area contributed by atoms with Crippen molar-refractivity contribution in [1.82, 2.24) is 10.2 Å². The van der Waals surface area contributed by atoms with E-state index < -0.39 is 28.5 Å². The summed E-state index contributed by atoms with van der Waals surface area (Å²) in [6.45, 7) is 8.66. The molecular formula is C30H36ClN3O4S. The van der Waals surface area contributed by atoms with E-state index in [1.54, 1.807) is 55.5 Å². The molecule has 0 saturated heterocycles. The van der Waals surface area contributed by atoms with Gasteiger partial charge in [0.05, 0.1) is 10.6 Å². The molecule has 0 saturated carbocycles. The zero-order valence-corrected chi connectivity index (χ0v) is 24.6. The van der Waals surface area contributed by atoms with Crippen molar-refractivity contribution in [2.45, 2.75) is 64.6 Å². The van der Waals surface area contributed by atoms with E-state index in [4.69, 9.17) is 11.6 Å². The summed E-state index contributed by atoms with van der Waals surface area (Å²) in [5.74, 6) is -0.866. The van der Waals surface area contributed by atoms with Crippen LogP contribution in [0.15, 0.2) is 77.7 Å². The number of halogens is 1. The number of carbonyl (C=O) groups is 2. The van der Waals surface area contributed by atoms with Gasteiger partial charge in [-0.25, -0.2) is 8.42 Å². The molecule has 3 rings (SSSR count). The predicted octanol–water partition coefficient (Wildman–Crippen LogP) is 5.35. The van der Waals surface area contributed by atoms with E-state index in [0.717, 1.165) is 15.4 Å². The van der Waals surface area contributed by atoms with E-state index in [0.29, 0.717) is 22.7 Å². The summed E-state index contributed by atoms with van der Waals surface area (Å²) in [7, 11) is -4.12. The minimum absolute atomic E-state index is 0.0407. The quantitative estimate of drug-likeness (QED) is 0.337. The van der Waals surface area contributed by atoms with Gasteiger partial charge in [-0.2, -0.15) is 0 Å². The summed E-state index contributed by atoms with van der Waals surface area (Å²) < 4.78 is 29.1. The number of sulfonamides is 1. The second-order valence-corrected chi connectivity index (χ2v) is 12.0. The summed E-state index contributed by atoms with van der Waals surface area (Å²) in [6, 6.07) is 19.7. The van der Waals surface area contributed by atoms with Crippen molar-refractivity contribution in [2.24, 2.45) is 0 Å². The number of hydrogen-bond acceptors (Lipinski definition) is 4. The minimum Gasteiger partial charge on any atom is -0.352 e. The fourth-order valence-electron chi connectivity index (χ4n) is 4.20. The van der Waals surface area contributed by atoms with Crippen LogP contribution in [0, 0.1) is 6.92 Å². The van der Waals surface area contributed by atoms with Gasteiger partial charge in [-0.3, -0.25) is 13.9 Å². The first kappa shape index (κ1) is 30.2. The highest BCUT2D eigenvalue weighted by Gasteiger charge is 2.33. The number of para-hydroxylation sites is 1. The van der Waals surface area contributed by atoms with Gasteiger partial charge in [0, 0.05) is 17.6 Å². The van der Waals surface area contributed by atoms with Crippen molar-refractivity contribution in [3.05, 3.63) is 94.5 Å². The first-order chi connectivity index (χ1) is 18.4. The third-order valence-corrected chi connectivity index (χ3v) is 8.57. The molecule has 208 valence electrons. The van der Waals surface area contributed by atoms with E-state index in [-0.39, 0.29) is 23.4 Å². The number of nitrogens with one attached hydrogen (secondary N) is 1. The van der Waals surface area contributed by atoms with Crippen LogP contribution in [0.25, 0.3) is 0 Å².